The summed E-state index contributed by atoms with van der Waals surface area (Å²) >= 11 is 0. The van der Waals surface area contributed by atoms with E-state index in [9.17, 15) is 4.79 Å². The molecule has 2 unspecified atom stereocenters. The number of amides is 1. The van der Waals surface area contributed by atoms with Crippen LogP contribution in [-0.4, -0.2) is 29.9 Å². The molecule has 1 saturated carbocycles. The molecule has 2 atom stereocenters. The van der Waals surface area contributed by atoms with Gasteiger partial charge in [-0.15, -0.1) is 0 Å². The van der Waals surface area contributed by atoms with Crippen LogP contribution >= 0.6 is 0 Å². The minimum atomic E-state index is -0.0439. The maximum Gasteiger partial charge on any atom is 0.228 e. The standard InChI is InChI=1S/C12H22N2O/c1-9-6-10(7-13)8-14(9)11(15)12(2)4-3-5-12/h9-10H,3-8,13H2,1-2H3. The summed E-state index contributed by atoms with van der Waals surface area (Å²) in [5.74, 6) is 0.893. The summed E-state index contributed by atoms with van der Waals surface area (Å²) in [6.45, 7) is 5.85. The van der Waals surface area contributed by atoms with Gasteiger partial charge in [0.2, 0.25) is 5.91 Å². The van der Waals surface area contributed by atoms with Crippen LogP contribution < -0.4 is 5.73 Å². The number of likely N-dealkylation sites (tertiary alicyclic amines) is 1. The second kappa shape index (κ2) is 3.78. The SMILES string of the molecule is CC1CC(CN)CN1C(=O)C1(C)CCC1. The molecule has 86 valence electrons. The molecule has 1 aliphatic carbocycles. The lowest BCUT2D eigenvalue weighted by molar-refractivity contribution is -0.146. The first-order chi connectivity index (χ1) is 7.07. The lowest BCUT2D eigenvalue weighted by atomic mass is 9.69. The molecule has 1 aliphatic heterocycles. The van der Waals surface area contributed by atoms with Crippen LogP contribution in [0.25, 0.3) is 0 Å². The van der Waals surface area contributed by atoms with Crippen molar-refractivity contribution in [3.8, 4) is 0 Å². The molecule has 0 aromatic rings. The zero-order valence-electron chi connectivity index (χ0n) is 9.83. The molecule has 0 radical (unpaired) electrons. The van der Waals surface area contributed by atoms with Gasteiger partial charge in [0, 0.05) is 18.0 Å². The second-order valence-electron chi connectivity index (χ2n) is 5.56. The minimum absolute atomic E-state index is 0.0439. The van der Waals surface area contributed by atoms with E-state index in [0.717, 1.165) is 25.8 Å². The van der Waals surface area contributed by atoms with Gasteiger partial charge in [-0.25, -0.2) is 0 Å². The van der Waals surface area contributed by atoms with Crippen LogP contribution in [0.4, 0.5) is 0 Å². The van der Waals surface area contributed by atoms with Crippen molar-refractivity contribution in [3.05, 3.63) is 0 Å². The van der Waals surface area contributed by atoms with Crippen molar-refractivity contribution >= 4 is 5.91 Å². The van der Waals surface area contributed by atoms with E-state index in [2.05, 4.69) is 18.7 Å². The maximum absolute atomic E-state index is 12.3. The predicted octanol–water partition coefficient (Wildman–Crippen LogP) is 1.37. The summed E-state index contributed by atoms with van der Waals surface area (Å²) in [6, 6.07) is 0.392. The van der Waals surface area contributed by atoms with E-state index < -0.39 is 0 Å². The number of hydrogen-bond acceptors (Lipinski definition) is 2. The van der Waals surface area contributed by atoms with Gasteiger partial charge in [-0.2, -0.15) is 0 Å². The van der Waals surface area contributed by atoms with Crippen molar-refractivity contribution in [2.24, 2.45) is 17.1 Å². The number of nitrogens with two attached hydrogens (primary N) is 1. The van der Waals surface area contributed by atoms with Crippen molar-refractivity contribution in [3.63, 3.8) is 0 Å². The first kappa shape index (κ1) is 10.9. The molecule has 2 fully saturated rings. The van der Waals surface area contributed by atoms with Crippen molar-refractivity contribution in [1.29, 1.82) is 0 Å². The molecule has 0 aromatic heterocycles. The van der Waals surface area contributed by atoms with Gasteiger partial charge in [0.15, 0.2) is 0 Å². The molecule has 0 spiro atoms. The maximum atomic E-state index is 12.3. The molecule has 1 heterocycles. The average molecular weight is 210 g/mol. The summed E-state index contributed by atoms with van der Waals surface area (Å²) in [4.78, 5) is 14.4. The molecule has 0 bridgehead atoms. The zero-order chi connectivity index (χ0) is 11.1. The zero-order valence-corrected chi connectivity index (χ0v) is 9.83. The summed E-state index contributed by atoms with van der Waals surface area (Å²) in [5.41, 5.74) is 5.63. The van der Waals surface area contributed by atoms with Crippen LogP contribution in [0.1, 0.15) is 39.5 Å². The Labute approximate surface area is 92.0 Å². The number of carbonyl (C=O) groups excluding carboxylic acids is 1. The van der Waals surface area contributed by atoms with Gasteiger partial charge in [-0.1, -0.05) is 13.3 Å². The highest BCUT2D eigenvalue weighted by molar-refractivity contribution is 5.83. The first-order valence-electron chi connectivity index (χ1n) is 6.08. The van der Waals surface area contributed by atoms with E-state index in [0.29, 0.717) is 24.4 Å². The molecule has 2 N–H and O–H groups in total. The van der Waals surface area contributed by atoms with Crippen LogP contribution in [0.3, 0.4) is 0 Å². The molecule has 2 rings (SSSR count). The lowest BCUT2D eigenvalue weighted by Gasteiger charge is -2.41. The molecule has 1 amide bonds. The lowest BCUT2D eigenvalue weighted by Crippen LogP contribution is -2.47. The highest BCUT2D eigenvalue weighted by atomic mass is 16.2. The van der Waals surface area contributed by atoms with Gasteiger partial charge in [0.05, 0.1) is 0 Å². The van der Waals surface area contributed by atoms with Crippen LogP contribution in [0.15, 0.2) is 0 Å². The quantitative estimate of drug-likeness (QED) is 0.748. The summed E-state index contributed by atoms with van der Waals surface area (Å²) in [5, 5.41) is 0. The van der Waals surface area contributed by atoms with E-state index in [1.54, 1.807) is 0 Å². The van der Waals surface area contributed by atoms with Crippen molar-refractivity contribution in [2.75, 3.05) is 13.1 Å². The number of carbonyl (C=O) groups is 1. The monoisotopic (exact) mass is 210 g/mol. The molecule has 3 heteroatoms. The Kier molecular flexibility index (Phi) is 2.75. The van der Waals surface area contributed by atoms with Crippen LogP contribution in [0.5, 0.6) is 0 Å². The third-order valence-electron chi connectivity index (χ3n) is 4.23. The molecular formula is C12H22N2O. The van der Waals surface area contributed by atoms with Gasteiger partial charge < -0.3 is 10.6 Å². The Morgan fingerprint density at radius 3 is 2.60 bits per heavy atom. The summed E-state index contributed by atoms with van der Waals surface area (Å²) in [7, 11) is 0. The van der Waals surface area contributed by atoms with E-state index in [1.165, 1.54) is 6.42 Å². The van der Waals surface area contributed by atoms with E-state index in [-0.39, 0.29) is 5.41 Å². The Bertz CT molecular complexity index is 260. The first-order valence-corrected chi connectivity index (χ1v) is 6.08. The average Bonchev–Trinajstić information content (AvgIpc) is 2.55. The normalized spacial score (nSPS) is 33.9. The Morgan fingerprint density at radius 2 is 2.20 bits per heavy atom. The van der Waals surface area contributed by atoms with Crippen molar-refractivity contribution in [1.82, 2.24) is 4.90 Å². The second-order valence-corrected chi connectivity index (χ2v) is 5.56. The van der Waals surface area contributed by atoms with Gasteiger partial charge in [0.1, 0.15) is 0 Å². The fourth-order valence-electron chi connectivity index (χ4n) is 2.86. The third-order valence-corrected chi connectivity index (χ3v) is 4.23. The van der Waals surface area contributed by atoms with Crippen LogP contribution in [0, 0.1) is 11.3 Å². The number of rotatable bonds is 2. The number of nitrogens with zero attached hydrogens (tertiary/aromatic N) is 1. The highest BCUT2D eigenvalue weighted by Gasteiger charge is 2.45. The number of hydrogen-bond donors (Lipinski definition) is 1. The van der Waals surface area contributed by atoms with E-state index in [4.69, 9.17) is 5.73 Å². The topological polar surface area (TPSA) is 46.3 Å². The van der Waals surface area contributed by atoms with Crippen molar-refractivity contribution in [2.45, 2.75) is 45.6 Å². The molecule has 3 nitrogen and oxygen atoms in total. The van der Waals surface area contributed by atoms with Gasteiger partial charge in [-0.3, -0.25) is 4.79 Å². The molecular weight excluding hydrogens is 188 g/mol. The fourth-order valence-corrected chi connectivity index (χ4v) is 2.86. The third kappa shape index (κ3) is 1.78. The molecule has 2 aliphatic rings. The summed E-state index contributed by atoms with van der Waals surface area (Å²) in [6.07, 6.45) is 4.44. The van der Waals surface area contributed by atoms with Gasteiger partial charge in [-0.05, 0) is 38.6 Å². The van der Waals surface area contributed by atoms with Crippen molar-refractivity contribution < 1.29 is 4.79 Å². The highest BCUT2D eigenvalue weighted by Crippen LogP contribution is 2.43. The summed E-state index contributed by atoms with van der Waals surface area (Å²) < 4.78 is 0. The largest absolute Gasteiger partial charge is 0.339 e. The van der Waals surface area contributed by atoms with E-state index in [1.807, 2.05) is 0 Å². The predicted molar refractivity (Wildman–Crippen MR) is 60.3 cm³/mol. The van der Waals surface area contributed by atoms with Crippen LogP contribution in [-0.2, 0) is 4.79 Å². The Balaban J connectivity index is 2.01. The molecule has 15 heavy (non-hydrogen) atoms. The Morgan fingerprint density at radius 1 is 1.53 bits per heavy atom. The molecule has 1 saturated heterocycles. The van der Waals surface area contributed by atoms with E-state index >= 15 is 0 Å². The smallest absolute Gasteiger partial charge is 0.228 e. The Hall–Kier alpha value is -0.570. The van der Waals surface area contributed by atoms with Crippen LogP contribution in [0.2, 0.25) is 0 Å². The minimum Gasteiger partial charge on any atom is -0.339 e. The van der Waals surface area contributed by atoms with Gasteiger partial charge in [0.25, 0.3) is 0 Å². The van der Waals surface area contributed by atoms with Gasteiger partial charge >= 0.3 is 0 Å². The fraction of sp³-hybridized carbons (Fsp3) is 0.917. The molecule has 0 aromatic carbocycles.